The van der Waals surface area contributed by atoms with E-state index in [-0.39, 0.29) is 0 Å². The van der Waals surface area contributed by atoms with Gasteiger partial charge in [-0.1, -0.05) is 22.0 Å². The molecule has 0 saturated carbocycles. The summed E-state index contributed by atoms with van der Waals surface area (Å²) in [4.78, 5) is 4.42. The van der Waals surface area contributed by atoms with Gasteiger partial charge in [0.2, 0.25) is 5.95 Å². The Hall–Kier alpha value is -2.01. The summed E-state index contributed by atoms with van der Waals surface area (Å²) in [6.45, 7) is 2.04. The summed E-state index contributed by atoms with van der Waals surface area (Å²) in [6, 6.07) is 11.9. The van der Waals surface area contributed by atoms with Crippen LogP contribution < -0.4 is 10.5 Å². The number of rotatable bonds is 2. The van der Waals surface area contributed by atoms with Gasteiger partial charge in [0.05, 0.1) is 23.8 Å². The van der Waals surface area contributed by atoms with Crippen LogP contribution in [0.4, 0.5) is 5.95 Å². The van der Waals surface area contributed by atoms with Crippen LogP contribution in [0.5, 0.6) is 5.75 Å². The number of aryl methyl sites for hydroxylation is 1. The molecule has 0 saturated heterocycles. The van der Waals surface area contributed by atoms with Gasteiger partial charge in [0.15, 0.2) is 0 Å². The van der Waals surface area contributed by atoms with Crippen molar-refractivity contribution in [2.24, 2.45) is 0 Å². The molecule has 0 unspecified atom stereocenters. The van der Waals surface area contributed by atoms with Crippen molar-refractivity contribution in [3.05, 3.63) is 46.4 Å². The van der Waals surface area contributed by atoms with Crippen LogP contribution in [-0.4, -0.2) is 16.7 Å². The molecule has 0 spiro atoms. The maximum Gasteiger partial charge on any atom is 0.205 e. The Morgan fingerprint density at radius 3 is 2.75 bits per heavy atom. The van der Waals surface area contributed by atoms with Gasteiger partial charge < -0.3 is 10.5 Å². The Balaban J connectivity index is 2.29. The van der Waals surface area contributed by atoms with Crippen molar-refractivity contribution >= 4 is 32.9 Å². The molecular weight excluding hydrogens is 318 g/mol. The van der Waals surface area contributed by atoms with E-state index in [4.69, 9.17) is 10.5 Å². The van der Waals surface area contributed by atoms with E-state index in [1.165, 1.54) is 0 Å². The first-order valence-electron chi connectivity index (χ1n) is 6.18. The van der Waals surface area contributed by atoms with E-state index in [1.807, 2.05) is 41.8 Å². The largest absolute Gasteiger partial charge is 0.497 e. The lowest BCUT2D eigenvalue weighted by molar-refractivity contribution is 0.414. The van der Waals surface area contributed by atoms with Gasteiger partial charge in [-0.25, -0.2) is 4.98 Å². The standard InChI is InChI=1S/C15H14BrN3O/c1-9-3-4-14-13(5-9)18-15(17)19(14)11-6-10(16)7-12(8-11)20-2/h3-8H,1-2H3,(H2,17,18). The van der Waals surface area contributed by atoms with Crippen LogP contribution in [-0.2, 0) is 0 Å². The third kappa shape index (κ3) is 2.14. The monoisotopic (exact) mass is 331 g/mol. The predicted octanol–water partition coefficient (Wildman–Crippen LogP) is 3.69. The molecule has 2 N–H and O–H groups in total. The fraction of sp³-hybridized carbons (Fsp3) is 0.133. The van der Waals surface area contributed by atoms with Crippen LogP contribution in [0.1, 0.15) is 5.56 Å². The minimum atomic E-state index is 0.464. The maximum absolute atomic E-state index is 6.07. The Morgan fingerprint density at radius 2 is 2.00 bits per heavy atom. The Labute approximate surface area is 125 Å². The van der Waals surface area contributed by atoms with Crippen LogP contribution in [0.3, 0.4) is 0 Å². The van der Waals surface area contributed by atoms with Crippen LogP contribution in [0.2, 0.25) is 0 Å². The number of nitrogen functional groups attached to an aromatic ring is 1. The normalized spacial score (nSPS) is 10.9. The number of anilines is 1. The number of benzene rings is 2. The molecule has 0 fully saturated rings. The second-order valence-electron chi connectivity index (χ2n) is 4.65. The summed E-state index contributed by atoms with van der Waals surface area (Å²) in [5.41, 5.74) is 10.0. The van der Waals surface area contributed by atoms with Crippen molar-refractivity contribution in [2.45, 2.75) is 6.92 Å². The van der Waals surface area contributed by atoms with E-state index in [0.29, 0.717) is 5.95 Å². The Kier molecular flexibility index (Phi) is 3.14. The smallest absolute Gasteiger partial charge is 0.205 e. The van der Waals surface area contributed by atoms with Crippen molar-refractivity contribution in [1.29, 1.82) is 0 Å². The first-order chi connectivity index (χ1) is 9.58. The van der Waals surface area contributed by atoms with E-state index in [2.05, 4.69) is 27.0 Å². The van der Waals surface area contributed by atoms with Crippen molar-refractivity contribution in [3.8, 4) is 11.4 Å². The first-order valence-corrected chi connectivity index (χ1v) is 6.97. The quantitative estimate of drug-likeness (QED) is 0.779. The second-order valence-corrected chi connectivity index (χ2v) is 5.56. The summed E-state index contributed by atoms with van der Waals surface area (Å²) in [6.07, 6.45) is 0. The summed E-state index contributed by atoms with van der Waals surface area (Å²) < 4.78 is 8.15. The van der Waals surface area contributed by atoms with Gasteiger partial charge >= 0.3 is 0 Å². The number of hydrogen-bond donors (Lipinski definition) is 1. The number of fused-ring (bicyclic) bond motifs is 1. The minimum Gasteiger partial charge on any atom is -0.497 e. The van der Waals surface area contributed by atoms with E-state index in [9.17, 15) is 0 Å². The number of imidazole rings is 1. The fourth-order valence-corrected chi connectivity index (χ4v) is 2.74. The average Bonchev–Trinajstić information content (AvgIpc) is 2.72. The zero-order valence-corrected chi connectivity index (χ0v) is 12.8. The highest BCUT2D eigenvalue weighted by molar-refractivity contribution is 9.10. The highest BCUT2D eigenvalue weighted by Crippen LogP contribution is 2.29. The number of methoxy groups -OCH3 is 1. The Bertz CT molecular complexity index is 795. The number of aromatic nitrogens is 2. The van der Waals surface area contributed by atoms with Gasteiger partial charge in [0, 0.05) is 10.5 Å². The molecule has 4 nitrogen and oxygen atoms in total. The van der Waals surface area contributed by atoms with Gasteiger partial charge in [-0.2, -0.15) is 0 Å². The SMILES string of the molecule is COc1cc(Br)cc(-n2c(N)nc3cc(C)ccc32)c1. The van der Waals surface area contributed by atoms with E-state index < -0.39 is 0 Å². The molecule has 2 aromatic carbocycles. The molecular formula is C15H14BrN3O. The van der Waals surface area contributed by atoms with Gasteiger partial charge in [-0.3, -0.25) is 4.57 Å². The lowest BCUT2D eigenvalue weighted by Gasteiger charge is -2.09. The van der Waals surface area contributed by atoms with Crippen LogP contribution in [0.25, 0.3) is 16.7 Å². The lowest BCUT2D eigenvalue weighted by atomic mass is 10.2. The molecule has 0 aliphatic carbocycles. The number of halogens is 1. The second kappa shape index (κ2) is 4.83. The average molecular weight is 332 g/mol. The molecule has 102 valence electrons. The van der Waals surface area contributed by atoms with Crippen molar-refractivity contribution < 1.29 is 4.74 Å². The molecule has 3 aromatic rings. The van der Waals surface area contributed by atoms with Gasteiger partial charge in [0.25, 0.3) is 0 Å². The molecule has 0 atom stereocenters. The number of nitrogens with two attached hydrogens (primary N) is 1. The molecule has 20 heavy (non-hydrogen) atoms. The van der Waals surface area contributed by atoms with Gasteiger partial charge in [0.1, 0.15) is 5.75 Å². The van der Waals surface area contributed by atoms with E-state index in [1.54, 1.807) is 7.11 Å². The fourth-order valence-electron chi connectivity index (χ4n) is 2.28. The van der Waals surface area contributed by atoms with Crippen molar-refractivity contribution in [3.63, 3.8) is 0 Å². The van der Waals surface area contributed by atoms with Crippen molar-refractivity contribution in [1.82, 2.24) is 9.55 Å². The zero-order valence-electron chi connectivity index (χ0n) is 11.2. The molecule has 1 aromatic heterocycles. The van der Waals surface area contributed by atoms with Crippen LogP contribution in [0, 0.1) is 6.92 Å². The molecule has 0 radical (unpaired) electrons. The molecule has 1 heterocycles. The minimum absolute atomic E-state index is 0.464. The summed E-state index contributed by atoms with van der Waals surface area (Å²) in [5, 5.41) is 0. The first kappa shape index (κ1) is 13.0. The van der Waals surface area contributed by atoms with Crippen molar-refractivity contribution in [2.75, 3.05) is 12.8 Å². The predicted molar refractivity (Wildman–Crippen MR) is 84.5 cm³/mol. The third-order valence-electron chi connectivity index (χ3n) is 3.19. The van der Waals surface area contributed by atoms with Gasteiger partial charge in [-0.15, -0.1) is 0 Å². The summed E-state index contributed by atoms with van der Waals surface area (Å²) in [7, 11) is 1.64. The lowest BCUT2D eigenvalue weighted by Crippen LogP contribution is -2.01. The molecule has 0 bridgehead atoms. The molecule has 0 aliphatic heterocycles. The number of nitrogens with zero attached hydrogens (tertiary/aromatic N) is 2. The summed E-state index contributed by atoms with van der Waals surface area (Å²) >= 11 is 3.49. The van der Waals surface area contributed by atoms with Crippen LogP contribution in [0.15, 0.2) is 40.9 Å². The molecule has 3 rings (SSSR count). The maximum atomic E-state index is 6.07. The third-order valence-corrected chi connectivity index (χ3v) is 3.64. The van der Waals surface area contributed by atoms with E-state index in [0.717, 1.165) is 32.5 Å². The number of ether oxygens (including phenoxy) is 1. The topological polar surface area (TPSA) is 53.1 Å². The highest BCUT2D eigenvalue weighted by Gasteiger charge is 2.11. The summed E-state index contributed by atoms with van der Waals surface area (Å²) in [5.74, 6) is 1.23. The zero-order chi connectivity index (χ0) is 14.3. The Morgan fingerprint density at radius 1 is 1.20 bits per heavy atom. The molecule has 0 amide bonds. The highest BCUT2D eigenvalue weighted by atomic mass is 79.9. The van der Waals surface area contributed by atoms with E-state index >= 15 is 0 Å². The van der Waals surface area contributed by atoms with Crippen LogP contribution >= 0.6 is 15.9 Å². The molecule has 0 aliphatic rings. The van der Waals surface area contributed by atoms with Gasteiger partial charge in [-0.05, 0) is 36.8 Å². The molecule has 5 heteroatoms. The number of hydrogen-bond acceptors (Lipinski definition) is 3.